The first kappa shape index (κ1) is 26.3. The van der Waals surface area contributed by atoms with Gasteiger partial charge in [0, 0.05) is 23.2 Å². The zero-order chi connectivity index (χ0) is 24.9. The van der Waals surface area contributed by atoms with E-state index in [4.69, 9.17) is 42.6 Å². The van der Waals surface area contributed by atoms with E-state index in [9.17, 15) is 0 Å². The molecule has 0 spiro atoms. The van der Waals surface area contributed by atoms with Gasteiger partial charge in [-0.25, -0.2) is 19.9 Å². The first-order chi connectivity index (χ1) is 16.3. The van der Waals surface area contributed by atoms with Gasteiger partial charge in [0.05, 0.1) is 19.9 Å². The smallest absolute Gasteiger partial charge is 0.492 e. The number of nitrogens with two attached hydrogens (primary N) is 2. The molecule has 6 N–H and O–H groups in total. The van der Waals surface area contributed by atoms with Crippen LogP contribution in [-0.4, -0.2) is 51.3 Å². The van der Waals surface area contributed by atoms with E-state index in [0.717, 1.165) is 17.0 Å². The highest BCUT2D eigenvalue weighted by Gasteiger charge is 2.15. The van der Waals surface area contributed by atoms with Gasteiger partial charge < -0.3 is 31.0 Å². The molecule has 2 aromatic carbocycles. The molecule has 10 nitrogen and oxygen atoms in total. The lowest BCUT2D eigenvalue weighted by molar-refractivity contribution is 0.403. The summed E-state index contributed by atoms with van der Waals surface area (Å²) in [7, 11) is 1.65. The van der Waals surface area contributed by atoms with Gasteiger partial charge in [-0.1, -0.05) is 41.9 Å². The molecule has 176 valence electrons. The summed E-state index contributed by atoms with van der Waals surface area (Å²) >= 11 is 5.41. The van der Waals surface area contributed by atoms with Crippen molar-refractivity contribution in [3.05, 3.63) is 78.5 Å². The van der Waals surface area contributed by atoms with Crippen molar-refractivity contribution in [3.8, 4) is 22.8 Å². The molecular weight excluding hydrogens is 459 g/mol. The number of para-hydroxylation sites is 2. The molecule has 2 heterocycles. The number of ether oxygens (including phenoxy) is 2. The maximum atomic E-state index is 8.81. The van der Waals surface area contributed by atoms with Crippen molar-refractivity contribution < 1.29 is 19.5 Å². The van der Waals surface area contributed by atoms with E-state index in [1.807, 2.05) is 24.3 Å². The van der Waals surface area contributed by atoms with Crippen LogP contribution >= 0.6 is 11.6 Å². The van der Waals surface area contributed by atoms with Crippen LogP contribution in [-0.2, 0) is 0 Å². The van der Waals surface area contributed by atoms with Gasteiger partial charge in [-0.15, -0.1) is 0 Å². The Morgan fingerprint density at radius 1 is 0.765 bits per heavy atom. The van der Waals surface area contributed by atoms with E-state index in [1.54, 1.807) is 37.4 Å². The molecule has 0 atom stereocenters. The third-order valence-corrected chi connectivity index (χ3v) is 4.35. The van der Waals surface area contributed by atoms with Crippen molar-refractivity contribution in [2.24, 2.45) is 0 Å². The quantitative estimate of drug-likeness (QED) is 0.249. The van der Waals surface area contributed by atoms with Crippen LogP contribution in [0.4, 0.5) is 11.6 Å². The molecule has 2 aromatic heterocycles. The molecule has 0 aliphatic heterocycles. The molecule has 4 rings (SSSR count). The molecule has 0 fully saturated rings. The zero-order valence-corrected chi connectivity index (χ0v) is 19.3. The van der Waals surface area contributed by atoms with E-state index in [-0.39, 0.29) is 0 Å². The van der Waals surface area contributed by atoms with Gasteiger partial charge in [0.15, 0.2) is 0 Å². The van der Waals surface area contributed by atoms with E-state index in [2.05, 4.69) is 19.9 Å². The topological polar surface area (TPSA) is 163 Å². The maximum absolute atomic E-state index is 8.81. The molecule has 0 bridgehead atoms. The lowest BCUT2D eigenvalue weighted by Crippen LogP contribution is -2.30. The Balaban J connectivity index is 0.000000190. The average molecular weight is 483 g/mol. The summed E-state index contributed by atoms with van der Waals surface area (Å²) < 4.78 is 10.1. The SMILES string of the molecule is COc1ccccc1-c1cc(N)ncn1.COc1ccccc1B(O)O.Nc1cc(Cl)ncn1. The predicted molar refractivity (Wildman–Crippen MR) is 133 cm³/mol. The Bertz CT molecular complexity index is 1170. The Labute approximate surface area is 202 Å². The maximum Gasteiger partial charge on any atom is 0.492 e. The highest BCUT2D eigenvalue weighted by Crippen LogP contribution is 2.28. The zero-order valence-electron chi connectivity index (χ0n) is 18.5. The van der Waals surface area contributed by atoms with Gasteiger partial charge in [-0.2, -0.15) is 0 Å². The average Bonchev–Trinajstić information content (AvgIpc) is 2.84. The Morgan fingerprint density at radius 3 is 1.82 bits per heavy atom. The summed E-state index contributed by atoms with van der Waals surface area (Å²) in [6.45, 7) is 0. The standard InChI is InChI=1S/C11H11N3O.C7H9BO3.C4H4ClN3/c1-15-10-5-3-2-4-8(10)9-6-11(12)14-7-13-9;1-11-7-5-3-2-4-6(7)8(9)10;5-3-1-4(6)8-2-7-3/h2-7H,1H3,(H2,12,13,14);2-5,9-10H,1H3;1-2H,(H2,6,7,8). The number of hydrogen-bond acceptors (Lipinski definition) is 10. The second kappa shape index (κ2) is 13.6. The third kappa shape index (κ3) is 8.21. The molecule has 0 aliphatic carbocycles. The van der Waals surface area contributed by atoms with Crippen LogP contribution in [0.15, 0.2) is 73.3 Å². The minimum absolute atomic E-state index is 0.373. The summed E-state index contributed by atoms with van der Waals surface area (Å²) in [5.74, 6) is 2.11. The molecule has 0 radical (unpaired) electrons. The second-order valence-electron chi connectivity index (χ2n) is 6.41. The highest BCUT2D eigenvalue weighted by molar-refractivity contribution is 6.59. The number of methoxy groups -OCH3 is 2. The number of hydrogen-bond donors (Lipinski definition) is 4. The van der Waals surface area contributed by atoms with Crippen molar-refractivity contribution in [2.75, 3.05) is 25.7 Å². The van der Waals surface area contributed by atoms with E-state index >= 15 is 0 Å². The molecular formula is C22H24BClN6O4. The van der Waals surface area contributed by atoms with Gasteiger partial charge in [0.25, 0.3) is 0 Å². The molecule has 0 amide bonds. The van der Waals surface area contributed by atoms with Crippen molar-refractivity contribution in [1.82, 2.24) is 19.9 Å². The predicted octanol–water partition coefficient (Wildman–Crippen LogP) is 1.82. The number of benzene rings is 2. The lowest BCUT2D eigenvalue weighted by Gasteiger charge is -2.07. The van der Waals surface area contributed by atoms with Gasteiger partial charge in [0.2, 0.25) is 0 Å². The molecule has 0 saturated heterocycles. The normalized spacial score (nSPS) is 9.56. The molecule has 0 saturated carbocycles. The number of nitrogen functional groups attached to an aromatic ring is 2. The van der Waals surface area contributed by atoms with Crippen molar-refractivity contribution in [2.45, 2.75) is 0 Å². The number of nitrogens with zero attached hydrogens (tertiary/aromatic N) is 4. The highest BCUT2D eigenvalue weighted by atomic mass is 35.5. The van der Waals surface area contributed by atoms with Gasteiger partial charge in [-0.05, 0) is 18.2 Å². The van der Waals surface area contributed by atoms with Crippen molar-refractivity contribution in [1.29, 1.82) is 0 Å². The molecule has 34 heavy (non-hydrogen) atoms. The summed E-state index contributed by atoms with van der Waals surface area (Å²) in [5.41, 5.74) is 12.9. The molecule has 0 unspecified atom stereocenters. The van der Waals surface area contributed by atoms with Gasteiger partial charge >= 0.3 is 7.12 Å². The fourth-order valence-electron chi connectivity index (χ4n) is 2.60. The van der Waals surface area contributed by atoms with Gasteiger partial charge in [0.1, 0.15) is 40.9 Å². The minimum atomic E-state index is -1.47. The van der Waals surface area contributed by atoms with Crippen LogP contribution in [0.25, 0.3) is 11.3 Å². The van der Waals surface area contributed by atoms with Crippen LogP contribution in [0.5, 0.6) is 11.5 Å². The Hall–Kier alpha value is -3.93. The van der Waals surface area contributed by atoms with Crippen LogP contribution in [0, 0.1) is 0 Å². The first-order valence-electron chi connectivity index (χ1n) is 9.78. The fourth-order valence-corrected chi connectivity index (χ4v) is 2.76. The summed E-state index contributed by atoms with van der Waals surface area (Å²) in [4.78, 5) is 15.2. The molecule has 12 heteroatoms. The second-order valence-corrected chi connectivity index (χ2v) is 6.80. The Kier molecular flexibility index (Phi) is 10.5. The summed E-state index contributed by atoms with van der Waals surface area (Å²) in [6.07, 6.45) is 2.76. The number of anilines is 2. The molecule has 4 aromatic rings. The fraction of sp³-hybridized carbons (Fsp3) is 0.0909. The Morgan fingerprint density at radius 2 is 1.32 bits per heavy atom. The van der Waals surface area contributed by atoms with Crippen LogP contribution in [0.3, 0.4) is 0 Å². The summed E-state index contributed by atoms with van der Waals surface area (Å²) in [5, 5.41) is 18.0. The number of halogens is 1. The van der Waals surface area contributed by atoms with Crippen molar-refractivity contribution in [3.63, 3.8) is 0 Å². The minimum Gasteiger partial charge on any atom is -0.497 e. The third-order valence-electron chi connectivity index (χ3n) is 4.14. The molecule has 0 aliphatic rings. The lowest BCUT2D eigenvalue weighted by atomic mass is 9.80. The van der Waals surface area contributed by atoms with E-state index in [1.165, 1.54) is 25.8 Å². The van der Waals surface area contributed by atoms with E-state index in [0.29, 0.717) is 28.0 Å². The number of aromatic nitrogens is 4. The number of rotatable bonds is 4. The largest absolute Gasteiger partial charge is 0.497 e. The van der Waals surface area contributed by atoms with Crippen LogP contribution in [0.2, 0.25) is 5.15 Å². The monoisotopic (exact) mass is 482 g/mol. The van der Waals surface area contributed by atoms with Crippen molar-refractivity contribution >= 4 is 35.8 Å². The van der Waals surface area contributed by atoms with E-state index < -0.39 is 7.12 Å². The van der Waals surface area contributed by atoms with Crippen LogP contribution < -0.4 is 26.4 Å². The van der Waals surface area contributed by atoms with Gasteiger partial charge in [-0.3, -0.25) is 0 Å². The first-order valence-corrected chi connectivity index (χ1v) is 10.2. The summed E-state index contributed by atoms with van der Waals surface area (Å²) in [6, 6.07) is 17.6. The van der Waals surface area contributed by atoms with Crippen LogP contribution in [0.1, 0.15) is 0 Å².